The third-order valence-corrected chi connectivity index (χ3v) is 2.92. The minimum absolute atomic E-state index is 0.0654. The Bertz CT molecular complexity index is 550. The van der Waals surface area contributed by atoms with Gasteiger partial charge < -0.3 is 15.2 Å². The third kappa shape index (κ3) is 3.64. The van der Waals surface area contributed by atoms with Crippen LogP contribution in [0.25, 0.3) is 6.08 Å². The maximum atomic E-state index is 13.8. The van der Waals surface area contributed by atoms with Gasteiger partial charge in [0.05, 0.1) is 18.2 Å². The lowest BCUT2D eigenvalue weighted by molar-refractivity contribution is -0.131. The molecule has 0 aromatic heterocycles. The highest BCUT2D eigenvalue weighted by Gasteiger charge is 2.20. The normalized spacial score (nSPS) is 18.4. The SMILES string of the molecule is O=C(O)/C=C/c1ccc(C(=O)NC2CCOC2)c(F)c1. The summed E-state index contributed by atoms with van der Waals surface area (Å²) in [6.07, 6.45) is 2.88. The van der Waals surface area contributed by atoms with Gasteiger partial charge in [-0.15, -0.1) is 0 Å². The fraction of sp³-hybridized carbons (Fsp3) is 0.286. The van der Waals surface area contributed by atoms with Crippen molar-refractivity contribution >= 4 is 18.0 Å². The topological polar surface area (TPSA) is 75.6 Å². The van der Waals surface area contributed by atoms with E-state index >= 15 is 0 Å². The fourth-order valence-corrected chi connectivity index (χ4v) is 1.90. The van der Waals surface area contributed by atoms with Gasteiger partial charge in [0.15, 0.2) is 0 Å². The highest BCUT2D eigenvalue weighted by molar-refractivity contribution is 5.95. The number of benzene rings is 1. The van der Waals surface area contributed by atoms with Gasteiger partial charge in [0.1, 0.15) is 5.82 Å². The predicted molar refractivity (Wildman–Crippen MR) is 69.8 cm³/mol. The highest BCUT2D eigenvalue weighted by Crippen LogP contribution is 2.13. The van der Waals surface area contributed by atoms with E-state index in [-0.39, 0.29) is 11.6 Å². The number of nitrogens with one attached hydrogen (secondary N) is 1. The molecule has 1 fully saturated rings. The zero-order chi connectivity index (χ0) is 14.5. The van der Waals surface area contributed by atoms with Crippen LogP contribution in [0.15, 0.2) is 24.3 Å². The molecule has 2 rings (SSSR count). The van der Waals surface area contributed by atoms with Crippen LogP contribution in [0, 0.1) is 5.82 Å². The summed E-state index contributed by atoms with van der Waals surface area (Å²) in [4.78, 5) is 22.2. The number of amides is 1. The average Bonchev–Trinajstić information content (AvgIpc) is 2.89. The van der Waals surface area contributed by atoms with E-state index in [9.17, 15) is 14.0 Å². The molecule has 0 aliphatic carbocycles. The van der Waals surface area contributed by atoms with E-state index < -0.39 is 17.7 Å². The molecule has 5 nitrogen and oxygen atoms in total. The Morgan fingerprint density at radius 1 is 1.45 bits per heavy atom. The molecular weight excluding hydrogens is 265 g/mol. The molecule has 0 spiro atoms. The van der Waals surface area contributed by atoms with Crippen LogP contribution < -0.4 is 5.32 Å². The van der Waals surface area contributed by atoms with Crippen molar-refractivity contribution in [1.82, 2.24) is 5.32 Å². The molecule has 6 heteroatoms. The summed E-state index contributed by atoms with van der Waals surface area (Å²) in [7, 11) is 0. The average molecular weight is 279 g/mol. The van der Waals surface area contributed by atoms with Crippen molar-refractivity contribution in [2.75, 3.05) is 13.2 Å². The Morgan fingerprint density at radius 2 is 2.25 bits per heavy atom. The van der Waals surface area contributed by atoms with E-state index in [0.29, 0.717) is 25.2 Å². The van der Waals surface area contributed by atoms with Crippen LogP contribution in [0.4, 0.5) is 4.39 Å². The minimum atomic E-state index is -1.12. The molecule has 0 saturated carbocycles. The quantitative estimate of drug-likeness (QED) is 0.818. The molecule has 0 radical (unpaired) electrons. The van der Waals surface area contributed by atoms with Crippen LogP contribution in [0.3, 0.4) is 0 Å². The summed E-state index contributed by atoms with van der Waals surface area (Å²) in [5.74, 6) is -2.30. The summed E-state index contributed by atoms with van der Waals surface area (Å²) in [6, 6.07) is 3.86. The first-order valence-electron chi connectivity index (χ1n) is 6.15. The lowest BCUT2D eigenvalue weighted by Crippen LogP contribution is -2.35. The number of carboxylic acids is 1. The lowest BCUT2D eigenvalue weighted by Gasteiger charge is -2.11. The maximum Gasteiger partial charge on any atom is 0.328 e. The van der Waals surface area contributed by atoms with Gasteiger partial charge in [0, 0.05) is 12.7 Å². The summed E-state index contributed by atoms with van der Waals surface area (Å²) in [5, 5.41) is 11.2. The Kier molecular flexibility index (Phi) is 4.47. The fourth-order valence-electron chi connectivity index (χ4n) is 1.90. The predicted octanol–water partition coefficient (Wildman–Crippen LogP) is 1.44. The van der Waals surface area contributed by atoms with E-state index in [0.717, 1.165) is 12.1 Å². The van der Waals surface area contributed by atoms with Crippen LogP contribution >= 0.6 is 0 Å². The molecule has 1 saturated heterocycles. The number of hydrogen-bond acceptors (Lipinski definition) is 3. The number of hydrogen-bond donors (Lipinski definition) is 2. The van der Waals surface area contributed by atoms with E-state index in [1.54, 1.807) is 0 Å². The number of carbonyl (C=O) groups excluding carboxylic acids is 1. The van der Waals surface area contributed by atoms with Gasteiger partial charge in [0.25, 0.3) is 5.91 Å². The van der Waals surface area contributed by atoms with E-state index in [2.05, 4.69) is 5.32 Å². The molecular formula is C14H14FNO4. The Balaban J connectivity index is 2.08. The Hall–Kier alpha value is -2.21. The maximum absolute atomic E-state index is 13.8. The van der Waals surface area contributed by atoms with Crippen LogP contribution in [-0.4, -0.2) is 36.2 Å². The molecule has 2 N–H and O–H groups in total. The van der Waals surface area contributed by atoms with Crippen molar-refractivity contribution in [3.05, 3.63) is 41.2 Å². The van der Waals surface area contributed by atoms with Crippen LogP contribution in [-0.2, 0) is 9.53 Å². The second-order valence-corrected chi connectivity index (χ2v) is 4.44. The van der Waals surface area contributed by atoms with E-state index in [1.165, 1.54) is 18.2 Å². The zero-order valence-electron chi connectivity index (χ0n) is 10.6. The van der Waals surface area contributed by atoms with Crippen molar-refractivity contribution in [3.63, 3.8) is 0 Å². The van der Waals surface area contributed by atoms with Gasteiger partial charge in [-0.05, 0) is 30.2 Å². The highest BCUT2D eigenvalue weighted by atomic mass is 19.1. The van der Waals surface area contributed by atoms with E-state index in [4.69, 9.17) is 9.84 Å². The smallest absolute Gasteiger partial charge is 0.328 e. The summed E-state index contributed by atoms with van der Waals surface area (Å²) >= 11 is 0. The molecule has 1 atom stereocenters. The third-order valence-electron chi connectivity index (χ3n) is 2.92. The minimum Gasteiger partial charge on any atom is -0.478 e. The zero-order valence-corrected chi connectivity index (χ0v) is 10.6. The number of halogens is 1. The molecule has 1 amide bonds. The number of aliphatic carboxylic acids is 1. The second-order valence-electron chi connectivity index (χ2n) is 4.44. The van der Waals surface area contributed by atoms with Crippen molar-refractivity contribution in [2.24, 2.45) is 0 Å². The largest absolute Gasteiger partial charge is 0.478 e. The number of carbonyl (C=O) groups is 2. The second kappa shape index (κ2) is 6.29. The summed E-state index contributed by atoms with van der Waals surface area (Å²) in [5.41, 5.74) is 0.315. The molecule has 20 heavy (non-hydrogen) atoms. The molecule has 1 aliphatic rings. The van der Waals surface area contributed by atoms with Gasteiger partial charge in [0.2, 0.25) is 0 Å². The molecule has 106 valence electrons. The molecule has 1 aliphatic heterocycles. The molecule has 1 aromatic carbocycles. The first kappa shape index (κ1) is 14.2. The first-order chi connectivity index (χ1) is 9.56. The van der Waals surface area contributed by atoms with Gasteiger partial charge in [-0.1, -0.05) is 6.07 Å². The van der Waals surface area contributed by atoms with Crippen LogP contribution in [0.1, 0.15) is 22.3 Å². The number of rotatable bonds is 4. The van der Waals surface area contributed by atoms with Gasteiger partial charge in [-0.3, -0.25) is 4.79 Å². The van der Waals surface area contributed by atoms with Crippen molar-refractivity contribution < 1.29 is 23.8 Å². The lowest BCUT2D eigenvalue weighted by atomic mass is 10.1. The van der Waals surface area contributed by atoms with Crippen molar-refractivity contribution in [3.8, 4) is 0 Å². The van der Waals surface area contributed by atoms with Crippen molar-refractivity contribution in [1.29, 1.82) is 0 Å². The van der Waals surface area contributed by atoms with Crippen LogP contribution in [0.5, 0.6) is 0 Å². The van der Waals surface area contributed by atoms with Crippen molar-refractivity contribution in [2.45, 2.75) is 12.5 Å². The summed E-state index contributed by atoms with van der Waals surface area (Å²) < 4.78 is 18.9. The number of ether oxygens (including phenoxy) is 1. The van der Waals surface area contributed by atoms with Crippen LogP contribution in [0.2, 0.25) is 0 Å². The molecule has 1 aromatic rings. The molecule has 1 unspecified atom stereocenters. The van der Waals surface area contributed by atoms with Gasteiger partial charge in [-0.2, -0.15) is 0 Å². The Labute approximate surface area is 115 Å². The molecule has 0 bridgehead atoms. The Morgan fingerprint density at radius 3 is 2.85 bits per heavy atom. The summed E-state index contributed by atoms with van der Waals surface area (Å²) in [6.45, 7) is 1.03. The van der Waals surface area contributed by atoms with Gasteiger partial charge >= 0.3 is 5.97 Å². The molecule has 1 heterocycles. The monoisotopic (exact) mass is 279 g/mol. The first-order valence-corrected chi connectivity index (χ1v) is 6.15. The van der Waals surface area contributed by atoms with E-state index in [1.807, 2.05) is 0 Å². The van der Waals surface area contributed by atoms with Gasteiger partial charge in [-0.25, -0.2) is 9.18 Å². The number of carboxylic acid groups (broad SMARTS) is 1. The standard InChI is InChI=1S/C14H14FNO4/c15-12-7-9(2-4-13(17)18)1-3-11(12)14(19)16-10-5-6-20-8-10/h1-4,7,10H,5-6,8H2,(H,16,19)(H,17,18)/b4-2+.